The Morgan fingerprint density at radius 2 is 1.29 bits per heavy atom. The van der Waals surface area contributed by atoms with Crippen molar-refractivity contribution in [2.45, 2.75) is 12.8 Å². The van der Waals surface area contributed by atoms with Gasteiger partial charge in [-0.15, -0.1) is 0 Å². The summed E-state index contributed by atoms with van der Waals surface area (Å²) in [6.07, 6.45) is 7.32. The normalized spacial score (nSPS) is 23.7. The van der Waals surface area contributed by atoms with E-state index in [1.165, 1.54) is 0 Å². The molecule has 1 aliphatic rings. The first-order chi connectivity index (χ1) is 6.79. The average Bonchev–Trinajstić information content (AvgIpc) is 2.17. The van der Waals surface area contributed by atoms with Crippen LogP contribution < -0.4 is 0 Å². The minimum Gasteiger partial charge on any atom is -0.462 e. The topological polar surface area (TPSA) is 52.6 Å². The van der Waals surface area contributed by atoms with Crippen molar-refractivity contribution < 1.29 is 19.1 Å². The lowest BCUT2D eigenvalue weighted by atomic mass is 10.3. The molecule has 1 rings (SSSR count). The molecule has 76 valence electrons. The first-order valence-corrected chi connectivity index (χ1v) is 4.45. The SMILES string of the molecule is O=C1/C=C\C(=O)OCC/C=C\CCO1. The van der Waals surface area contributed by atoms with Gasteiger partial charge in [0.25, 0.3) is 0 Å². The van der Waals surface area contributed by atoms with E-state index in [9.17, 15) is 9.59 Å². The Bertz CT molecular complexity index is 239. The second-order valence-corrected chi connectivity index (χ2v) is 2.72. The van der Waals surface area contributed by atoms with Gasteiger partial charge in [-0.05, 0) is 12.8 Å². The lowest BCUT2D eigenvalue weighted by molar-refractivity contribution is -0.140. The number of rotatable bonds is 0. The fourth-order valence-corrected chi connectivity index (χ4v) is 0.923. The Kier molecular flexibility index (Phi) is 4.47. The van der Waals surface area contributed by atoms with Crippen LogP contribution in [0.25, 0.3) is 0 Å². The van der Waals surface area contributed by atoms with Crippen LogP contribution in [-0.2, 0) is 19.1 Å². The molecule has 0 fully saturated rings. The highest BCUT2D eigenvalue weighted by Crippen LogP contribution is 1.94. The third kappa shape index (κ3) is 4.45. The van der Waals surface area contributed by atoms with E-state index in [1.807, 2.05) is 12.2 Å². The van der Waals surface area contributed by atoms with Crippen molar-refractivity contribution >= 4 is 11.9 Å². The zero-order valence-electron chi connectivity index (χ0n) is 7.77. The predicted octanol–water partition coefficient (Wildman–Crippen LogP) is 0.979. The molecule has 0 N–H and O–H groups in total. The van der Waals surface area contributed by atoms with Crippen LogP contribution in [0.4, 0.5) is 0 Å². The van der Waals surface area contributed by atoms with E-state index in [4.69, 9.17) is 9.47 Å². The summed E-state index contributed by atoms with van der Waals surface area (Å²) in [6, 6.07) is 0. The minimum atomic E-state index is -0.518. The van der Waals surface area contributed by atoms with Crippen molar-refractivity contribution in [3.63, 3.8) is 0 Å². The Labute approximate surface area is 82.2 Å². The molecule has 0 aromatic rings. The predicted molar refractivity (Wildman–Crippen MR) is 49.4 cm³/mol. The third-order valence-electron chi connectivity index (χ3n) is 1.58. The first kappa shape index (κ1) is 10.5. The van der Waals surface area contributed by atoms with Gasteiger partial charge in [0.05, 0.1) is 13.2 Å². The van der Waals surface area contributed by atoms with Crippen LogP contribution >= 0.6 is 0 Å². The van der Waals surface area contributed by atoms with Crippen LogP contribution in [0.3, 0.4) is 0 Å². The minimum absolute atomic E-state index is 0.342. The number of hydrogen-bond donors (Lipinski definition) is 0. The maximum absolute atomic E-state index is 10.9. The van der Waals surface area contributed by atoms with Crippen LogP contribution in [0.2, 0.25) is 0 Å². The molecular formula is C10H12O4. The summed E-state index contributed by atoms with van der Waals surface area (Å²) in [5.74, 6) is -1.04. The highest BCUT2D eigenvalue weighted by atomic mass is 16.5. The van der Waals surface area contributed by atoms with Crippen molar-refractivity contribution in [3.8, 4) is 0 Å². The zero-order valence-corrected chi connectivity index (χ0v) is 7.77. The molecule has 14 heavy (non-hydrogen) atoms. The van der Waals surface area contributed by atoms with Crippen LogP contribution in [0.15, 0.2) is 24.3 Å². The molecule has 1 heterocycles. The quantitative estimate of drug-likeness (QED) is 0.428. The van der Waals surface area contributed by atoms with E-state index >= 15 is 0 Å². The molecule has 1 aliphatic heterocycles. The fraction of sp³-hybridized carbons (Fsp3) is 0.400. The van der Waals surface area contributed by atoms with Crippen molar-refractivity contribution in [1.82, 2.24) is 0 Å². The summed E-state index contributed by atoms with van der Waals surface area (Å²) in [4.78, 5) is 21.8. The van der Waals surface area contributed by atoms with Crippen LogP contribution in [0, 0.1) is 0 Å². The zero-order chi connectivity index (χ0) is 10.2. The maximum Gasteiger partial charge on any atom is 0.331 e. The lowest BCUT2D eigenvalue weighted by Crippen LogP contribution is -2.06. The Morgan fingerprint density at radius 1 is 0.857 bits per heavy atom. The van der Waals surface area contributed by atoms with Crippen molar-refractivity contribution in [1.29, 1.82) is 0 Å². The fourth-order valence-electron chi connectivity index (χ4n) is 0.923. The summed E-state index contributed by atoms with van der Waals surface area (Å²) >= 11 is 0. The average molecular weight is 196 g/mol. The molecule has 0 unspecified atom stereocenters. The first-order valence-electron chi connectivity index (χ1n) is 4.45. The molecule has 4 nitrogen and oxygen atoms in total. The van der Waals surface area contributed by atoms with Gasteiger partial charge < -0.3 is 9.47 Å². The number of cyclic esters (lactones) is 2. The van der Waals surface area contributed by atoms with E-state index in [-0.39, 0.29) is 0 Å². The molecule has 0 atom stereocenters. The van der Waals surface area contributed by atoms with Crippen molar-refractivity contribution in [3.05, 3.63) is 24.3 Å². The Morgan fingerprint density at radius 3 is 1.71 bits per heavy atom. The van der Waals surface area contributed by atoms with Gasteiger partial charge in [0.2, 0.25) is 0 Å². The smallest absolute Gasteiger partial charge is 0.331 e. The van der Waals surface area contributed by atoms with Gasteiger partial charge in [-0.2, -0.15) is 0 Å². The van der Waals surface area contributed by atoms with Gasteiger partial charge in [0.15, 0.2) is 0 Å². The van der Waals surface area contributed by atoms with Gasteiger partial charge >= 0.3 is 11.9 Å². The molecule has 0 bridgehead atoms. The highest BCUT2D eigenvalue weighted by Gasteiger charge is 2.00. The molecule has 0 amide bonds. The Hall–Kier alpha value is -1.58. The van der Waals surface area contributed by atoms with E-state index < -0.39 is 11.9 Å². The monoisotopic (exact) mass is 196 g/mol. The van der Waals surface area contributed by atoms with Gasteiger partial charge in [-0.25, -0.2) is 9.59 Å². The van der Waals surface area contributed by atoms with Gasteiger partial charge in [-0.3, -0.25) is 0 Å². The van der Waals surface area contributed by atoms with E-state index in [1.54, 1.807) is 0 Å². The van der Waals surface area contributed by atoms with Gasteiger partial charge in [0, 0.05) is 12.2 Å². The molecule has 0 aromatic carbocycles. The second-order valence-electron chi connectivity index (χ2n) is 2.72. The lowest BCUT2D eigenvalue weighted by Gasteiger charge is -2.01. The molecule has 0 aliphatic carbocycles. The van der Waals surface area contributed by atoms with Crippen molar-refractivity contribution in [2.75, 3.05) is 13.2 Å². The number of carbonyl (C=O) groups excluding carboxylic acids is 2. The summed E-state index contributed by atoms with van der Waals surface area (Å²) in [6.45, 7) is 0.684. The highest BCUT2D eigenvalue weighted by molar-refractivity contribution is 5.91. The number of hydrogen-bond acceptors (Lipinski definition) is 4. The molecule has 4 heteroatoms. The number of esters is 2. The standard InChI is InChI=1S/C10H12O4/c11-9-5-6-10(12)14-8-4-2-1-3-7-13-9/h1-2,5-6H,3-4,7-8H2/b2-1-,6-5-. The molecule has 0 aromatic heterocycles. The molecule has 0 saturated heterocycles. The molecule has 0 radical (unpaired) electrons. The Balaban J connectivity index is 2.49. The summed E-state index contributed by atoms with van der Waals surface area (Å²) in [7, 11) is 0. The summed E-state index contributed by atoms with van der Waals surface area (Å²) in [5, 5.41) is 0. The van der Waals surface area contributed by atoms with E-state index in [0.717, 1.165) is 12.2 Å². The number of carbonyl (C=O) groups is 2. The third-order valence-corrected chi connectivity index (χ3v) is 1.58. The van der Waals surface area contributed by atoms with Crippen LogP contribution in [-0.4, -0.2) is 25.2 Å². The molecular weight excluding hydrogens is 184 g/mol. The maximum atomic E-state index is 10.9. The molecule has 0 spiro atoms. The van der Waals surface area contributed by atoms with Crippen molar-refractivity contribution in [2.24, 2.45) is 0 Å². The van der Waals surface area contributed by atoms with Gasteiger partial charge in [-0.1, -0.05) is 12.2 Å². The summed E-state index contributed by atoms with van der Waals surface area (Å²) in [5.41, 5.74) is 0. The van der Waals surface area contributed by atoms with E-state index in [0.29, 0.717) is 26.1 Å². The second kappa shape index (κ2) is 5.96. The van der Waals surface area contributed by atoms with E-state index in [2.05, 4.69) is 0 Å². The molecule has 0 saturated carbocycles. The number of ether oxygens (including phenoxy) is 2. The van der Waals surface area contributed by atoms with Crippen LogP contribution in [0.5, 0.6) is 0 Å². The van der Waals surface area contributed by atoms with Crippen LogP contribution in [0.1, 0.15) is 12.8 Å². The van der Waals surface area contributed by atoms with Gasteiger partial charge in [0.1, 0.15) is 0 Å². The largest absolute Gasteiger partial charge is 0.462 e. The summed E-state index contributed by atoms with van der Waals surface area (Å²) < 4.78 is 9.56.